The van der Waals surface area contributed by atoms with Crippen molar-refractivity contribution in [1.82, 2.24) is 4.90 Å². The summed E-state index contributed by atoms with van der Waals surface area (Å²) < 4.78 is 0.624. The van der Waals surface area contributed by atoms with Crippen molar-refractivity contribution < 1.29 is 24.3 Å². The largest absolute Gasteiger partial charge is 0.508 e. The van der Waals surface area contributed by atoms with Gasteiger partial charge in [-0.2, -0.15) is 0 Å². The van der Waals surface area contributed by atoms with Gasteiger partial charge in [0.15, 0.2) is 9.75 Å². The molecule has 1 N–H and O–H groups in total. The zero-order valence-corrected chi connectivity index (χ0v) is 23.8. The number of benzene rings is 2. The smallest absolute Gasteiger partial charge is 0.253 e. The second-order valence-electron chi connectivity index (χ2n) is 10.5. The van der Waals surface area contributed by atoms with Gasteiger partial charge in [-0.1, -0.05) is 52.4 Å². The van der Waals surface area contributed by atoms with Crippen molar-refractivity contribution >= 4 is 74.5 Å². The first kappa shape index (κ1) is 26.3. The second-order valence-corrected chi connectivity index (χ2v) is 12.7. The molecule has 2 saturated heterocycles. The highest BCUT2D eigenvalue weighted by Crippen LogP contribution is 2.66. The standard InChI is InChI=1S/C29H23BrCl2N2O5/c1-3-14-4-7-16(8-5-14)34-24(36)18-10-9-17-20(22(18)25(34)37)13-28(31)26(38)33(2)27(39)29(28,32)23(17)19-12-15(30)6-11-21(19)35/h3-9,11-12,18,20,22-23,35H,1,10,13H2,2H3. The molecule has 3 fully saturated rings. The number of rotatable bonds is 3. The number of halogens is 3. The first-order chi connectivity index (χ1) is 18.5. The summed E-state index contributed by atoms with van der Waals surface area (Å²) in [6.07, 6.45) is 3.65. The van der Waals surface area contributed by atoms with E-state index < -0.39 is 51.1 Å². The number of imide groups is 2. The Kier molecular flexibility index (Phi) is 5.92. The van der Waals surface area contributed by atoms with Gasteiger partial charge in [-0.15, -0.1) is 23.2 Å². The molecule has 0 spiro atoms. The van der Waals surface area contributed by atoms with E-state index in [1.165, 1.54) is 18.0 Å². The van der Waals surface area contributed by atoms with Crippen LogP contribution >= 0.6 is 39.1 Å². The topological polar surface area (TPSA) is 95.0 Å². The lowest BCUT2D eigenvalue weighted by Gasteiger charge is -2.50. The van der Waals surface area contributed by atoms with Crippen LogP contribution in [0.15, 0.2) is 65.2 Å². The van der Waals surface area contributed by atoms with E-state index >= 15 is 0 Å². The lowest BCUT2D eigenvalue weighted by atomic mass is 9.56. The summed E-state index contributed by atoms with van der Waals surface area (Å²) in [6, 6.07) is 11.7. The number of carbonyl (C=O) groups is 4. The minimum Gasteiger partial charge on any atom is -0.508 e. The highest BCUT2D eigenvalue weighted by molar-refractivity contribution is 9.10. The van der Waals surface area contributed by atoms with Gasteiger partial charge in [-0.3, -0.25) is 29.0 Å². The Morgan fingerprint density at radius 3 is 2.38 bits per heavy atom. The quantitative estimate of drug-likeness (QED) is 0.293. The number of alkyl halides is 2. The van der Waals surface area contributed by atoms with Crippen LogP contribution in [-0.2, 0) is 19.2 Å². The van der Waals surface area contributed by atoms with Gasteiger partial charge in [0, 0.05) is 23.0 Å². The van der Waals surface area contributed by atoms with E-state index in [0.717, 1.165) is 10.5 Å². The first-order valence-corrected chi connectivity index (χ1v) is 14.0. The first-order valence-electron chi connectivity index (χ1n) is 12.4. The van der Waals surface area contributed by atoms with Crippen molar-refractivity contribution in [2.45, 2.75) is 28.5 Å². The molecule has 0 aromatic heterocycles. The number of hydrogen-bond donors (Lipinski definition) is 1. The molecule has 4 aliphatic rings. The number of likely N-dealkylation sites (tertiary alicyclic amines) is 1. The number of allylic oxidation sites excluding steroid dienone is 2. The molecule has 2 heterocycles. The molecule has 2 aliphatic carbocycles. The summed E-state index contributed by atoms with van der Waals surface area (Å²) in [5.74, 6) is -5.32. The summed E-state index contributed by atoms with van der Waals surface area (Å²) in [7, 11) is 1.33. The maximum absolute atomic E-state index is 14.0. The molecule has 0 bridgehead atoms. The van der Waals surface area contributed by atoms with Crippen molar-refractivity contribution in [2.24, 2.45) is 17.8 Å². The molecule has 4 amide bonds. The zero-order chi connectivity index (χ0) is 28.0. The molecule has 0 radical (unpaired) electrons. The molecular formula is C29H23BrCl2N2O5. The van der Waals surface area contributed by atoms with Crippen LogP contribution in [0, 0.1) is 17.8 Å². The molecule has 39 heavy (non-hydrogen) atoms. The molecule has 2 aromatic carbocycles. The second kappa shape index (κ2) is 8.78. The highest BCUT2D eigenvalue weighted by Gasteiger charge is 2.76. The number of phenolic OH excluding ortho intramolecular Hbond substituents is 1. The van der Waals surface area contributed by atoms with Crippen molar-refractivity contribution in [2.75, 3.05) is 11.9 Å². The average molecular weight is 630 g/mol. The Bertz CT molecular complexity index is 1520. The van der Waals surface area contributed by atoms with Crippen LogP contribution in [0.3, 0.4) is 0 Å². The fourth-order valence-electron chi connectivity index (χ4n) is 6.86. The number of hydrogen-bond acceptors (Lipinski definition) is 5. The van der Waals surface area contributed by atoms with Gasteiger partial charge in [0.2, 0.25) is 11.8 Å². The maximum Gasteiger partial charge on any atom is 0.253 e. The fraction of sp³-hybridized carbons (Fsp3) is 0.310. The van der Waals surface area contributed by atoms with Gasteiger partial charge in [-0.25, -0.2) is 0 Å². The third kappa shape index (κ3) is 3.34. The Hall–Kier alpha value is -2.94. The molecule has 6 atom stereocenters. The highest BCUT2D eigenvalue weighted by atomic mass is 79.9. The third-order valence-electron chi connectivity index (χ3n) is 8.70. The zero-order valence-electron chi connectivity index (χ0n) is 20.7. The summed E-state index contributed by atoms with van der Waals surface area (Å²) >= 11 is 17.7. The number of carbonyl (C=O) groups excluding carboxylic acids is 4. The van der Waals surface area contributed by atoms with E-state index in [4.69, 9.17) is 23.2 Å². The van der Waals surface area contributed by atoms with Gasteiger partial charge in [0.1, 0.15) is 5.75 Å². The number of anilines is 1. The lowest BCUT2D eigenvalue weighted by molar-refractivity contribution is -0.138. The summed E-state index contributed by atoms with van der Waals surface area (Å²) in [4.78, 5) is 52.9. The Morgan fingerprint density at radius 1 is 1.03 bits per heavy atom. The number of fused-ring (bicyclic) bond motifs is 4. The van der Waals surface area contributed by atoms with E-state index in [1.54, 1.807) is 42.5 Å². The molecular weight excluding hydrogens is 607 g/mol. The normalized spacial score (nSPS) is 33.6. The van der Waals surface area contributed by atoms with E-state index in [9.17, 15) is 24.3 Å². The minimum atomic E-state index is -1.94. The molecule has 200 valence electrons. The number of aromatic hydroxyl groups is 1. The van der Waals surface area contributed by atoms with Crippen LogP contribution < -0.4 is 4.90 Å². The molecule has 1 saturated carbocycles. The van der Waals surface area contributed by atoms with Gasteiger partial charge in [0.25, 0.3) is 11.8 Å². The van der Waals surface area contributed by atoms with Crippen LogP contribution in [-0.4, -0.2) is 50.4 Å². The number of phenols is 1. The SMILES string of the molecule is C=Cc1ccc(N2C(=O)C3CC=C4C(CC5(Cl)C(=O)N(C)C(=O)C5(Cl)C4c4cc(Br)ccc4O)C3C2=O)cc1. The van der Waals surface area contributed by atoms with Crippen LogP contribution in [0.5, 0.6) is 5.75 Å². The molecule has 6 unspecified atom stereocenters. The van der Waals surface area contributed by atoms with Crippen molar-refractivity contribution in [1.29, 1.82) is 0 Å². The predicted octanol–water partition coefficient (Wildman–Crippen LogP) is 4.99. The molecule has 7 nitrogen and oxygen atoms in total. The summed E-state index contributed by atoms with van der Waals surface area (Å²) in [5.41, 5.74) is 2.23. The molecule has 2 aromatic rings. The van der Waals surface area contributed by atoms with Crippen molar-refractivity contribution in [3.63, 3.8) is 0 Å². The fourth-order valence-corrected chi connectivity index (χ4v) is 8.25. The lowest BCUT2D eigenvalue weighted by Crippen LogP contribution is -2.60. The third-order valence-corrected chi connectivity index (χ3v) is 10.6. The summed E-state index contributed by atoms with van der Waals surface area (Å²) in [5, 5.41) is 10.9. The van der Waals surface area contributed by atoms with Gasteiger partial charge in [0.05, 0.1) is 17.5 Å². The molecule has 10 heteroatoms. The van der Waals surface area contributed by atoms with E-state index in [0.29, 0.717) is 21.3 Å². The monoisotopic (exact) mass is 628 g/mol. The van der Waals surface area contributed by atoms with Gasteiger partial charge >= 0.3 is 0 Å². The molecule has 2 aliphatic heterocycles. The summed E-state index contributed by atoms with van der Waals surface area (Å²) in [6.45, 7) is 3.74. The van der Waals surface area contributed by atoms with Crippen molar-refractivity contribution in [3.8, 4) is 5.75 Å². The van der Waals surface area contributed by atoms with Gasteiger partial charge < -0.3 is 5.11 Å². The minimum absolute atomic E-state index is 0.104. The van der Waals surface area contributed by atoms with E-state index in [1.807, 2.05) is 6.08 Å². The molecule has 6 rings (SSSR count). The predicted molar refractivity (Wildman–Crippen MR) is 150 cm³/mol. The van der Waals surface area contributed by atoms with Crippen LogP contribution in [0.2, 0.25) is 0 Å². The number of amides is 4. The van der Waals surface area contributed by atoms with Crippen LogP contribution in [0.4, 0.5) is 5.69 Å². The Balaban J connectivity index is 1.51. The van der Waals surface area contributed by atoms with Crippen LogP contribution in [0.25, 0.3) is 6.08 Å². The number of nitrogens with zero attached hydrogens (tertiary/aromatic N) is 2. The van der Waals surface area contributed by atoms with E-state index in [2.05, 4.69) is 22.5 Å². The van der Waals surface area contributed by atoms with Gasteiger partial charge in [-0.05, 0) is 54.7 Å². The Labute approximate surface area is 243 Å². The van der Waals surface area contributed by atoms with E-state index in [-0.39, 0.29) is 24.5 Å². The maximum atomic E-state index is 14.0. The average Bonchev–Trinajstić information content (AvgIpc) is 3.25. The van der Waals surface area contributed by atoms with Crippen LogP contribution in [0.1, 0.15) is 29.9 Å². The Morgan fingerprint density at radius 2 is 1.72 bits per heavy atom. The van der Waals surface area contributed by atoms with Crippen molar-refractivity contribution in [3.05, 3.63) is 76.3 Å².